The Balaban J connectivity index is 1.56. The summed E-state index contributed by atoms with van der Waals surface area (Å²) in [6, 6.07) is 5.01. The van der Waals surface area contributed by atoms with Crippen LogP contribution in [0, 0.1) is 0 Å². The van der Waals surface area contributed by atoms with Gasteiger partial charge < -0.3 is 26.3 Å². The number of nitrogens with one attached hydrogen (secondary N) is 3. The summed E-state index contributed by atoms with van der Waals surface area (Å²) in [6.07, 6.45) is 2.50. The molecule has 33 heavy (non-hydrogen) atoms. The minimum atomic E-state index is -1.31. The van der Waals surface area contributed by atoms with Gasteiger partial charge in [0.2, 0.25) is 5.95 Å². The first kappa shape index (κ1) is 23.2. The zero-order valence-electron chi connectivity index (χ0n) is 17.1. The lowest BCUT2D eigenvalue weighted by Crippen LogP contribution is -2.41. The van der Waals surface area contributed by atoms with E-state index in [9.17, 15) is 19.5 Å². The molecule has 1 aromatic carbocycles. The Hall–Kier alpha value is -4.43. The first-order valence-electron chi connectivity index (χ1n) is 9.56. The van der Waals surface area contributed by atoms with Gasteiger partial charge in [-0.05, 0) is 36.3 Å². The average molecular weight is 456 g/mol. The summed E-state index contributed by atoms with van der Waals surface area (Å²) in [5.74, 6) is -2.69. The van der Waals surface area contributed by atoms with Crippen molar-refractivity contribution >= 4 is 40.6 Å². The van der Waals surface area contributed by atoms with Gasteiger partial charge in [-0.1, -0.05) is 0 Å². The number of aliphatic carboxylic acids is 1. The summed E-state index contributed by atoms with van der Waals surface area (Å²) in [5.41, 5.74) is 9.19. The second-order valence-corrected chi connectivity index (χ2v) is 6.70. The first-order valence-corrected chi connectivity index (χ1v) is 9.56. The average Bonchev–Trinajstić information content (AvgIpc) is 2.80. The Bertz CT molecular complexity index is 1160. The van der Waals surface area contributed by atoms with E-state index in [1.165, 1.54) is 24.0 Å². The summed E-state index contributed by atoms with van der Waals surface area (Å²) in [5, 5.41) is 23.0. The van der Waals surface area contributed by atoms with Crippen LogP contribution in [0.15, 0.2) is 36.7 Å². The third-order valence-electron chi connectivity index (χ3n) is 4.39. The number of benzene rings is 1. The topological polar surface area (TPSA) is 215 Å². The van der Waals surface area contributed by atoms with Crippen molar-refractivity contribution < 1.29 is 29.5 Å². The highest BCUT2D eigenvalue weighted by atomic mass is 16.8. The molecule has 2 heterocycles. The smallest absolute Gasteiger partial charge is 0.327 e. The number of carbonyl (C=O) groups excluding carboxylic acids is 2. The van der Waals surface area contributed by atoms with Gasteiger partial charge in [0.25, 0.3) is 5.91 Å². The predicted molar refractivity (Wildman–Crippen MR) is 112 cm³/mol. The number of carbonyl (C=O) groups is 3. The molecule has 0 spiro atoms. The summed E-state index contributed by atoms with van der Waals surface area (Å²) < 4.78 is 0. The minimum Gasteiger partial charge on any atom is -0.480 e. The number of aromatic nitrogens is 4. The van der Waals surface area contributed by atoms with Crippen molar-refractivity contribution in [2.24, 2.45) is 0 Å². The molecule has 0 saturated carbocycles. The highest BCUT2D eigenvalue weighted by Gasteiger charge is 2.22. The Kier molecular flexibility index (Phi) is 7.56. The number of hydrogen-bond donors (Lipinski definition) is 6. The van der Waals surface area contributed by atoms with Gasteiger partial charge in [0.05, 0.1) is 24.6 Å². The number of rotatable bonds is 10. The molecule has 14 nitrogen and oxygen atoms in total. The third kappa shape index (κ3) is 6.52. The van der Waals surface area contributed by atoms with E-state index in [4.69, 9.17) is 10.9 Å². The lowest BCUT2D eigenvalue weighted by Gasteiger charge is -2.14. The van der Waals surface area contributed by atoms with Crippen LogP contribution >= 0.6 is 0 Å². The second-order valence-electron chi connectivity index (χ2n) is 6.70. The van der Waals surface area contributed by atoms with Gasteiger partial charge in [0.15, 0.2) is 5.65 Å². The molecule has 172 valence electrons. The fourth-order valence-corrected chi connectivity index (χ4v) is 2.75. The number of anilines is 2. The van der Waals surface area contributed by atoms with E-state index in [1.54, 1.807) is 18.3 Å². The number of hydrogen-bond acceptors (Lipinski definition) is 12. The van der Waals surface area contributed by atoms with Crippen LogP contribution < -0.4 is 22.0 Å². The van der Waals surface area contributed by atoms with Crippen LogP contribution in [0.25, 0.3) is 11.2 Å². The van der Waals surface area contributed by atoms with E-state index in [2.05, 4.69) is 35.4 Å². The minimum absolute atomic E-state index is 0.114. The zero-order chi connectivity index (χ0) is 23.8. The molecule has 0 saturated heterocycles. The Morgan fingerprint density at radius 3 is 2.55 bits per heavy atom. The maximum absolute atomic E-state index is 12.4. The molecule has 2 aromatic heterocycles. The molecular weight excluding hydrogens is 436 g/mol. The molecule has 14 heteroatoms. The molecule has 0 aliphatic carbocycles. The summed E-state index contributed by atoms with van der Waals surface area (Å²) in [4.78, 5) is 55.5. The maximum atomic E-state index is 12.4. The molecule has 1 atom stereocenters. The van der Waals surface area contributed by atoms with Crippen LogP contribution in [-0.2, 0) is 21.0 Å². The number of nitrogens with zero attached hydrogens (tertiary/aromatic N) is 4. The summed E-state index contributed by atoms with van der Waals surface area (Å²) >= 11 is 0. The van der Waals surface area contributed by atoms with E-state index < -0.39 is 23.9 Å². The summed E-state index contributed by atoms with van der Waals surface area (Å²) in [6.45, 7) is 0.346. The number of nitrogens with two attached hydrogens (primary N) is 1. The van der Waals surface area contributed by atoms with Crippen molar-refractivity contribution in [3.05, 3.63) is 47.9 Å². The molecule has 3 aromatic rings. The van der Waals surface area contributed by atoms with Gasteiger partial charge in [-0.2, -0.15) is 4.98 Å². The van der Waals surface area contributed by atoms with Crippen molar-refractivity contribution in [1.29, 1.82) is 0 Å². The standard InChI is InChI=1S/C19H20N8O6/c20-19-23-9-14-16(26-19)22-8-12(24-14)7-21-11-3-1-10(2-4-11)17(29)25-13(18(30)31)5-6-15(28)33-27-32/h1-4,8-9,13,21,27,32H,5-7H2,(H,25,29)(H,30,31)(H2,20,22,23,26)/t13-/m0/s1. The van der Waals surface area contributed by atoms with Crippen LogP contribution in [-0.4, -0.2) is 54.1 Å². The third-order valence-corrected chi connectivity index (χ3v) is 4.39. The number of carboxylic acid groups (broad SMARTS) is 1. The number of amides is 1. The lowest BCUT2D eigenvalue weighted by molar-refractivity contribution is -0.176. The Morgan fingerprint density at radius 1 is 1.09 bits per heavy atom. The molecule has 3 rings (SSSR count). The molecule has 0 radical (unpaired) electrons. The van der Waals surface area contributed by atoms with Gasteiger partial charge in [0, 0.05) is 17.7 Å². The molecule has 1 amide bonds. The van der Waals surface area contributed by atoms with Crippen molar-refractivity contribution in [3.8, 4) is 0 Å². The summed E-state index contributed by atoms with van der Waals surface area (Å²) in [7, 11) is 0. The van der Waals surface area contributed by atoms with Crippen LogP contribution in [0.4, 0.5) is 11.6 Å². The SMILES string of the molecule is Nc1ncc2nc(CNc3ccc(C(=O)N[C@@H](CCC(=O)ONO)C(=O)O)cc3)cnc2n1. The molecule has 0 fully saturated rings. The molecule has 0 aliphatic rings. The Morgan fingerprint density at radius 2 is 1.85 bits per heavy atom. The van der Waals surface area contributed by atoms with Gasteiger partial charge in [-0.25, -0.2) is 19.7 Å². The van der Waals surface area contributed by atoms with E-state index in [0.717, 1.165) is 0 Å². The van der Waals surface area contributed by atoms with Crippen LogP contribution in [0.5, 0.6) is 0 Å². The van der Waals surface area contributed by atoms with Crippen molar-refractivity contribution in [2.75, 3.05) is 11.1 Å². The van der Waals surface area contributed by atoms with Crippen LogP contribution in [0.1, 0.15) is 28.9 Å². The molecule has 0 aliphatic heterocycles. The lowest BCUT2D eigenvalue weighted by atomic mass is 10.1. The van der Waals surface area contributed by atoms with E-state index in [-0.39, 0.29) is 24.4 Å². The van der Waals surface area contributed by atoms with Crippen molar-refractivity contribution in [1.82, 2.24) is 30.9 Å². The molecule has 0 unspecified atom stereocenters. The van der Waals surface area contributed by atoms with Gasteiger partial charge in [-0.15, -0.1) is 0 Å². The normalized spacial score (nSPS) is 11.5. The first-order chi connectivity index (χ1) is 15.9. The zero-order valence-corrected chi connectivity index (χ0v) is 17.1. The number of nitrogen functional groups attached to an aromatic ring is 1. The van der Waals surface area contributed by atoms with Crippen molar-refractivity contribution in [3.63, 3.8) is 0 Å². The fourth-order valence-electron chi connectivity index (χ4n) is 2.75. The number of carboxylic acids is 1. The van der Waals surface area contributed by atoms with Crippen LogP contribution in [0.3, 0.4) is 0 Å². The molecule has 0 bridgehead atoms. The molecular formula is C19H20N8O6. The number of fused-ring (bicyclic) bond motifs is 1. The quantitative estimate of drug-likeness (QED) is 0.222. The van der Waals surface area contributed by atoms with Crippen LogP contribution in [0.2, 0.25) is 0 Å². The van der Waals surface area contributed by atoms with E-state index in [0.29, 0.717) is 29.1 Å². The molecule has 7 N–H and O–H groups in total. The van der Waals surface area contributed by atoms with E-state index >= 15 is 0 Å². The highest BCUT2D eigenvalue weighted by Crippen LogP contribution is 2.13. The monoisotopic (exact) mass is 456 g/mol. The van der Waals surface area contributed by atoms with Gasteiger partial charge in [-0.3, -0.25) is 14.8 Å². The predicted octanol–water partition coefficient (Wildman–Crippen LogP) is 0.0143. The van der Waals surface area contributed by atoms with Crippen molar-refractivity contribution in [2.45, 2.75) is 25.4 Å². The highest BCUT2D eigenvalue weighted by molar-refractivity contribution is 5.97. The van der Waals surface area contributed by atoms with Gasteiger partial charge in [0.1, 0.15) is 11.6 Å². The fraction of sp³-hybridized carbons (Fsp3) is 0.211. The van der Waals surface area contributed by atoms with E-state index in [1.807, 2.05) is 0 Å². The largest absolute Gasteiger partial charge is 0.480 e. The maximum Gasteiger partial charge on any atom is 0.327 e. The second kappa shape index (κ2) is 10.7. The Labute approximate surface area is 186 Å². The van der Waals surface area contributed by atoms with Gasteiger partial charge >= 0.3 is 11.9 Å².